The van der Waals surface area contributed by atoms with Crippen molar-refractivity contribution in [1.29, 1.82) is 0 Å². The number of anilines is 2. The molecule has 2 unspecified atom stereocenters. The van der Waals surface area contributed by atoms with E-state index in [2.05, 4.69) is 49.1 Å². The lowest BCUT2D eigenvalue weighted by Gasteiger charge is -2.35. The van der Waals surface area contributed by atoms with Crippen LogP contribution in [0.25, 0.3) is 11.0 Å². The number of methoxy groups -OCH3 is 1. The van der Waals surface area contributed by atoms with Crippen molar-refractivity contribution in [2.75, 3.05) is 63.2 Å². The molecule has 0 spiro atoms. The summed E-state index contributed by atoms with van der Waals surface area (Å²) in [5.74, 6) is -1.53. The van der Waals surface area contributed by atoms with Crippen molar-refractivity contribution in [3.05, 3.63) is 41.6 Å². The number of aliphatic carboxylic acids is 2. The molecule has 0 bridgehead atoms. The fraction of sp³-hybridized carbons (Fsp3) is 0.529. The van der Waals surface area contributed by atoms with Crippen molar-refractivity contribution >= 4 is 58.3 Å². The van der Waals surface area contributed by atoms with Crippen molar-refractivity contribution in [3.63, 3.8) is 0 Å². The van der Waals surface area contributed by atoms with E-state index < -0.39 is 29.1 Å². The summed E-state index contributed by atoms with van der Waals surface area (Å²) >= 11 is 0.801. The number of aromatic nitrogens is 3. The highest BCUT2D eigenvalue weighted by Gasteiger charge is 2.25. The van der Waals surface area contributed by atoms with E-state index in [0.717, 1.165) is 65.5 Å². The van der Waals surface area contributed by atoms with Crippen LogP contribution >= 0.6 is 11.8 Å². The number of fused-ring (bicyclic) bond motifs is 1. The molecule has 2 aromatic heterocycles. The molecule has 51 heavy (non-hydrogen) atoms. The van der Waals surface area contributed by atoms with E-state index in [1.165, 1.54) is 0 Å². The lowest BCUT2D eigenvalue weighted by molar-refractivity contribution is -0.139. The Morgan fingerprint density at radius 2 is 1.78 bits per heavy atom. The van der Waals surface area contributed by atoms with Crippen LogP contribution in [0, 0.1) is 0 Å². The number of piperazine rings is 1. The maximum atomic E-state index is 12.9. The molecule has 3 aromatic rings. The van der Waals surface area contributed by atoms with E-state index in [0.29, 0.717) is 45.1 Å². The van der Waals surface area contributed by atoms with Gasteiger partial charge in [0.15, 0.2) is 5.82 Å². The standard InChI is InChI=1S/C34H49N9O7S/c1-3-4-5-10-38-31-30-25(39-34(36)40-31)9-12-43(30)20-23-17-22(6-7-26(23)50-2)19-41-13-15-42(16-14-41)29(45)8-11-37-28(44)18-27(33(48)49)51-21-24(35)32(46)47/h6-7,9,12,17,24,27H,3-5,8,10-11,13-16,18-21,35H2,1-2H3,(H,37,44)(H,46,47)(H,48,49)(H3,36,38,39,40). The molecule has 1 aromatic carbocycles. The Bertz CT molecular complexity index is 1660. The first kappa shape index (κ1) is 39.2. The van der Waals surface area contributed by atoms with Crippen LogP contribution in [0.4, 0.5) is 11.8 Å². The van der Waals surface area contributed by atoms with Crippen LogP contribution in [0.5, 0.6) is 5.75 Å². The normalized spacial score (nSPS) is 14.6. The molecule has 278 valence electrons. The van der Waals surface area contributed by atoms with Crippen LogP contribution < -0.4 is 26.8 Å². The Morgan fingerprint density at radius 3 is 2.47 bits per heavy atom. The molecule has 1 fully saturated rings. The Hall–Kier alpha value is -4.61. The van der Waals surface area contributed by atoms with E-state index in [9.17, 15) is 24.3 Å². The fourth-order valence-electron chi connectivity index (χ4n) is 5.83. The van der Waals surface area contributed by atoms with Crippen LogP contribution in [0.15, 0.2) is 30.5 Å². The van der Waals surface area contributed by atoms with Crippen LogP contribution in [-0.4, -0.2) is 122 Å². The number of rotatable bonds is 20. The van der Waals surface area contributed by atoms with Gasteiger partial charge in [0.05, 0.1) is 19.2 Å². The number of carboxylic acids is 2. The fourth-order valence-corrected chi connectivity index (χ4v) is 6.82. The van der Waals surface area contributed by atoms with Crippen LogP contribution in [0.3, 0.4) is 0 Å². The van der Waals surface area contributed by atoms with Crippen molar-refractivity contribution in [2.45, 2.75) is 63.4 Å². The SMILES string of the molecule is CCCCCNc1nc(N)nc2ccn(Cc3cc(CN4CCN(C(=O)CCNC(=O)CC(SCC(N)C(=O)O)C(=O)O)CC4)ccc3OC)c12. The van der Waals surface area contributed by atoms with E-state index in [1.807, 2.05) is 18.3 Å². The number of nitrogen functional groups attached to an aromatic ring is 1. The van der Waals surface area contributed by atoms with Gasteiger partial charge in [0.1, 0.15) is 22.6 Å². The van der Waals surface area contributed by atoms with E-state index >= 15 is 0 Å². The number of hydrogen-bond donors (Lipinski definition) is 6. The molecule has 8 N–H and O–H groups in total. The smallest absolute Gasteiger partial charge is 0.321 e. The second-order valence-electron chi connectivity index (χ2n) is 12.5. The number of carbonyl (C=O) groups excluding carboxylic acids is 2. The zero-order valence-corrected chi connectivity index (χ0v) is 30.0. The monoisotopic (exact) mass is 727 g/mol. The highest BCUT2D eigenvalue weighted by atomic mass is 32.2. The van der Waals surface area contributed by atoms with Crippen LogP contribution in [0.1, 0.15) is 50.2 Å². The summed E-state index contributed by atoms with van der Waals surface area (Å²) in [7, 11) is 1.66. The van der Waals surface area contributed by atoms with Gasteiger partial charge in [-0.15, -0.1) is 11.8 Å². The second kappa shape index (κ2) is 19.1. The number of ether oxygens (including phenoxy) is 1. The quantitative estimate of drug-likeness (QED) is 0.0912. The highest BCUT2D eigenvalue weighted by molar-refractivity contribution is 8.00. The lowest BCUT2D eigenvalue weighted by Crippen LogP contribution is -2.48. The van der Waals surface area contributed by atoms with Crippen molar-refractivity contribution in [3.8, 4) is 5.75 Å². The average molecular weight is 728 g/mol. The van der Waals surface area contributed by atoms with Gasteiger partial charge in [-0.05, 0) is 30.2 Å². The van der Waals surface area contributed by atoms with Crippen LogP contribution in [-0.2, 0) is 32.3 Å². The van der Waals surface area contributed by atoms with Crippen molar-refractivity contribution in [2.24, 2.45) is 5.73 Å². The molecule has 3 heterocycles. The molecule has 0 aliphatic carbocycles. The molecule has 2 amide bonds. The summed E-state index contributed by atoms with van der Waals surface area (Å²) in [5, 5.41) is 23.2. The summed E-state index contributed by atoms with van der Waals surface area (Å²) in [5.41, 5.74) is 15.2. The molecule has 1 saturated heterocycles. The number of carboxylic acid groups (broad SMARTS) is 2. The second-order valence-corrected chi connectivity index (χ2v) is 13.7. The van der Waals surface area contributed by atoms with Gasteiger partial charge >= 0.3 is 11.9 Å². The molecule has 2 atom stereocenters. The number of unbranched alkanes of at least 4 members (excludes halogenated alkanes) is 2. The molecule has 4 rings (SSSR count). The molecule has 1 aliphatic rings. The number of nitrogens with one attached hydrogen (secondary N) is 2. The van der Waals surface area contributed by atoms with Crippen LogP contribution in [0.2, 0.25) is 0 Å². The number of benzene rings is 1. The first-order valence-electron chi connectivity index (χ1n) is 17.1. The van der Waals surface area contributed by atoms with E-state index in [-0.39, 0.29) is 37.0 Å². The molecule has 0 saturated carbocycles. The number of nitrogens with two attached hydrogens (primary N) is 2. The maximum Gasteiger partial charge on any atom is 0.321 e. The highest BCUT2D eigenvalue weighted by Crippen LogP contribution is 2.27. The Balaban J connectivity index is 1.27. The molecule has 17 heteroatoms. The first-order chi connectivity index (χ1) is 24.5. The molecule has 0 radical (unpaired) electrons. The largest absolute Gasteiger partial charge is 0.496 e. The third-order valence-corrected chi connectivity index (χ3v) is 9.94. The summed E-state index contributed by atoms with van der Waals surface area (Å²) in [4.78, 5) is 60.6. The van der Waals surface area contributed by atoms with Gasteiger partial charge in [-0.3, -0.25) is 24.1 Å². The molecular formula is C34H49N9O7S. The molecule has 1 aliphatic heterocycles. The summed E-state index contributed by atoms with van der Waals surface area (Å²) < 4.78 is 7.83. The van der Waals surface area contributed by atoms with Gasteiger partial charge in [0, 0.05) is 76.2 Å². The number of nitrogens with zero attached hydrogens (tertiary/aromatic N) is 5. The van der Waals surface area contributed by atoms with Gasteiger partial charge in [0.2, 0.25) is 17.8 Å². The predicted octanol–water partition coefficient (Wildman–Crippen LogP) is 1.81. The Morgan fingerprint density at radius 1 is 1.02 bits per heavy atom. The number of hydrogen-bond acceptors (Lipinski definition) is 12. The number of amides is 2. The van der Waals surface area contributed by atoms with E-state index in [4.69, 9.17) is 21.3 Å². The Labute approximate surface area is 301 Å². The zero-order chi connectivity index (χ0) is 36.9. The topological polar surface area (TPSA) is 231 Å². The van der Waals surface area contributed by atoms with Gasteiger partial charge in [0.25, 0.3) is 0 Å². The van der Waals surface area contributed by atoms with Gasteiger partial charge in [-0.25, -0.2) is 4.98 Å². The summed E-state index contributed by atoms with van der Waals surface area (Å²) in [6, 6.07) is 6.88. The van der Waals surface area contributed by atoms with Crippen molar-refractivity contribution < 1.29 is 34.1 Å². The van der Waals surface area contributed by atoms with Crippen molar-refractivity contribution in [1.82, 2.24) is 29.7 Å². The zero-order valence-electron chi connectivity index (χ0n) is 29.2. The summed E-state index contributed by atoms with van der Waals surface area (Å²) in [6.45, 7) is 6.74. The molecular weight excluding hydrogens is 678 g/mol. The van der Waals surface area contributed by atoms with E-state index in [1.54, 1.807) is 12.0 Å². The summed E-state index contributed by atoms with van der Waals surface area (Å²) in [6.07, 6.45) is 5.00. The average Bonchev–Trinajstić information content (AvgIpc) is 3.50. The minimum absolute atomic E-state index is 0.0742. The van der Waals surface area contributed by atoms with Gasteiger partial charge < -0.3 is 46.5 Å². The predicted molar refractivity (Wildman–Crippen MR) is 196 cm³/mol. The third-order valence-electron chi connectivity index (χ3n) is 8.62. The molecule has 16 nitrogen and oxygen atoms in total. The first-order valence-corrected chi connectivity index (χ1v) is 18.2. The number of carbonyl (C=O) groups is 4. The lowest BCUT2D eigenvalue weighted by atomic mass is 10.1. The van der Waals surface area contributed by atoms with Gasteiger partial charge in [-0.1, -0.05) is 25.8 Å². The third kappa shape index (κ3) is 11.5. The minimum Gasteiger partial charge on any atom is -0.496 e. The van der Waals surface area contributed by atoms with Gasteiger partial charge in [-0.2, -0.15) is 4.98 Å². The number of thioether (sulfide) groups is 1. The Kier molecular flexibility index (Phi) is 14.7. The minimum atomic E-state index is -1.24. The maximum absolute atomic E-state index is 12.9.